The van der Waals surface area contributed by atoms with Crippen molar-refractivity contribution < 1.29 is 0 Å². The van der Waals surface area contributed by atoms with Crippen molar-refractivity contribution in [3.05, 3.63) is 0 Å². The van der Waals surface area contributed by atoms with Gasteiger partial charge in [0.15, 0.2) is 3.79 Å². The molecule has 0 aliphatic heterocycles. The highest BCUT2D eigenvalue weighted by Gasteiger charge is 2.30. The molecule has 1 atom stereocenters. The predicted octanol–water partition coefficient (Wildman–Crippen LogP) is 3.65. The Bertz CT molecular complexity index is 82.8. The summed E-state index contributed by atoms with van der Waals surface area (Å²) in [6.45, 7) is 6.00. The van der Waals surface area contributed by atoms with Crippen molar-refractivity contribution in [2.75, 3.05) is 0 Å². The molecule has 0 saturated heterocycles. The topological polar surface area (TPSA) is 0 Å². The number of halogens is 3. The second-order valence-electron chi connectivity index (χ2n) is 2.57. The standard InChI is InChI=1S/C6H11Cl3/c1-4(2)5(3)6(7,8)9/h4-5H,1-3H3. The SMILES string of the molecule is CC(C)C(C)C(Cl)(Cl)Cl. The Hall–Kier alpha value is 0.870. The maximum atomic E-state index is 5.61. The summed E-state index contributed by atoms with van der Waals surface area (Å²) >= 11 is 16.8. The maximum absolute atomic E-state index is 5.61. The van der Waals surface area contributed by atoms with Gasteiger partial charge < -0.3 is 0 Å². The Labute approximate surface area is 71.5 Å². The maximum Gasteiger partial charge on any atom is 0.193 e. The summed E-state index contributed by atoms with van der Waals surface area (Å²) in [7, 11) is 0. The second kappa shape index (κ2) is 3.32. The van der Waals surface area contributed by atoms with Crippen molar-refractivity contribution in [3.63, 3.8) is 0 Å². The fourth-order valence-corrected chi connectivity index (χ4v) is 1.13. The van der Waals surface area contributed by atoms with Gasteiger partial charge in [-0.2, -0.15) is 0 Å². The van der Waals surface area contributed by atoms with Crippen LogP contribution < -0.4 is 0 Å². The smallest absolute Gasteiger partial charge is 0.0834 e. The molecule has 0 radical (unpaired) electrons. The van der Waals surface area contributed by atoms with Crippen molar-refractivity contribution >= 4 is 34.8 Å². The largest absolute Gasteiger partial charge is 0.193 e. The molecule has 0 aliphatic carbocycles. The van der Waals surface area contributed by atoms with Crippen LogP contribution in [0.15, 0.2) is 0 Å². The molecular weight excluding hydrogens is 178 g/mol. The molecule has 9 heavy (non-hydrogen) atoms. The monoisotopic (exact) mass is 188 g/mol. The van der Waals surface area contributed by atoms with Crippen LogP contribution in [-0.2, 0) is 0 Å². The molecule has 3 heteroatoms. The van der Waals surface area contributed by atoms with Crippen LogP contribution in [0.4, 0.5) is 0 Å². The molecule has 0 spiro atoms. The molecule has 1 unspecified atom stereocenters. The van der Waals surface area contributed by atoms with Gasteiger partial charge in [0.2, 0.25) is 0 Å². The Morgan fingerprint density at radius 1 is 1.00 bits per heavy atom. The van der Waals surface area contributed by atoms with E-state index in [1.54, 1.807) is 0 Å². The highest BCUT2D eigenvalue weighted by atomic mass is 35.6. The van der Waals surface area contributed by atoms with E-state index < -0.39 is 3.79 Å². The van der Waals surface area contributed by atoms with E-state index in [9.17, 15) is 0 Å². The third-order valence-corrected chi connectivity index (χ3v) is 2.55. The molecule has 0 amide bonds. The van der Waals surface area contributed by atoms with E-state index in [0.29, 0.717) is 5.92 Å². The molecule has 0 rings (SSSR count). The van der Waals surface area contributed by atoms with E-state index >= 15 is 0 Å². The first-order valence-corrected chi connectivity index (χ1v) is 4.05. The zero-order valence-electron chi connectivity index (χ0n) is 5.79. The van der Waals surface area contributed by atoms with Gasteiger partial charge in [0.25, 0.3) is 0 Å². The minimum atomic E-state index is -1.10. The van der Waals surface area contributed by atoms with Gasteiger partial charge in [-0.1, -0.05) is 55.6 Å². The molecule has 0 heterocycles. The molecule has 0 saturated carbocycles. The molecule has 0 nitrogen and oxygen atoms in total. The van der Waals surface area contributed by atoms with Crippen molar-refractivity contribution in [1.82, 2.24) is 0 Å². The number of rotatable bonds is 1. The van der Waals surface area contributed by atoms with Crippen LogP contribution in [0.25, 0.3) is 0 Å². The average molecular weight is 190 g/mol. The van der Waals surface area contributed by atoms with Gasteiger partial charge in [0.05, 0.1) is 0 Å². The Morgan fingerprint density at radius 2 is 1.33 bits per heavy atom. The molecule has 56 valence electrons. The molecule has 0 N–H and O–H groups in total. The summed E-state index contributed by atoms with van der Waals surface area (Å²) in [6.07, 6.45) is 0. The van der Waals surface area contributed by atoms with Crippen LogP contribution in [0.1, 0.15) is 20.8 Å². The van der Waals surface area contributed by atoms with Crippen LogP contribution in [0.2, 0.25) is 0 Å². The molecule has 0 bridgehead atoms. The van der Waals surface area contributed by atoms with Gasteiger partial charge in [-0.15, -0.1) is 0 Å². The van der Waals surface area contributed by atoms with E-state index in [2.05, 4.69) is 0 Å². The minimum Gasteiger partial charge on any atom is -0.0834 e. The normalized spacial score (nSPS) is 16.3. The molecule has 0 aromatic rings. The van der Waals surface area contributed by atoms with Crippen LogP contribution in [0.5, 0.6) is 0 Å². The highest BCUT2D eigenvalue weighted by molar-refractivity contribution is 6.67. The molecule has 0 aromatic carbocycles. The first-order chi connectivity index (χ1) is 3.85. The Kier molecular flexibility index (Phi) is 3.64. The van der Waals surface area contributed by atoms with Gasteiger partial charge in [0, 0.05) is 5.92 Å². The lowest BCUT2D eigenvalue weighted by atomic mass is 10.0. The lowest BCUT2D eigenvalue weighted by Gasteiger charge is -2.23. The lowest BCUT2D eigenvalue weighted by Crippen LogP contribution is -2.20. The van der Waals surface area contributed by atoms with Gasteiger partial charge in [-0.05, 0) is 5.92 Å². The number of hydrogen-bond donors (Lipinski definition) is 0. The quantitative estimate of drug-likeness (QED) is 0.553. The van der Waals surface area contributed by atoms with E-state index in [0.717, 1.165) is 0 Å². The first-order valence-electron chi connectivity index (χ1n) is 2.92. The van der Waals surface area contributed by atoms with Crippen molar-refractivity contribution in [2.45, 2.75) is 24.6 Å². The van der Waals surface area contributed by atoms with Gasteiger partial charge >= 0.3 is 0 Å². The third kappa shape index (κ3) is 3.54. The highest BCUT2D eigenvalue weighted by Crippen LogP contribution is 2.38. The van der Waals surface area contributed by atoms with E-state index in [-0.39, 0.29) is 5.92 Å². The van der Waals surface area contributed by atoms with Gasteiger partial charge in [0.1, 0.15) is 0 Å². The van der Waals surface area contributed by atoms with E-state index in [1.165, 1.54) is 0 Å². The molecule has 0 aliphatic rings. The molecular formula is C6H11Cl3. The summed E-state index contributed by atoms with van der Waals surface area (Å²) < 4.78 is -1.10. The average Bonchev–Trinajstić information content (AvgIpc) is 1.62. The molecule has 0 aromatic heterocycles. The van der Waals surface area contributed by atoms with Gasteiger partial charge in [-0.3, -0.25) is 0 Å². The van der Waals surface area contributed by atoms with Crippen LogP contribution in [0.3, 0.4) is 0 Å². The zero-order chi connectivity index (χ0) is 7.65. The predicted molar refractivity (Wildman–Crippen MR) is 44.3 cm³/mol. The minimum absolute atomic E-state index is 0.113. The Balaban J connectivity index is 3.88. The molecule has 0 fully saturated rings. The van der Waals surface area contributed by atoms with Crippen molar-refractivity contribution in [1.29, 1.82) is 0 Å². The number of alkyl halides is 3. The first kappa shape index (κ1) is 9.87. The van der Waals surface area contributed by atoms with Crippen LogP contribution >= 0.6 is 34.8 Å². The summed E-state index contributed by atoms with van der Waals surface area (Å²) in [5.41, 5.74) is 0. The fourth-order valence-electron chi connectivity index (χ4n) is 0.378. The zero-order valence-corrected chi connectivity index (χ0v) is 8.06. The van der Waals surface area contributed by atoms with E-state index in [4.69, 9.17) is 34.8 Å². The summed E-state index contributed by atoms with van der Waals surface area (Å²) in [4.78, 5) is 0. The van der Waals surface area contributed by atoms with Crippen molar-refractivity contribution in [2.24, 2.45) is 11.8 Å². The lowest BCUT2D eigenvalue weighted by molar-refractivity contribution is 0.426. The Morgan fingerprint density at radius 3 is 1.33 bits per heavy atom. The van der Waals surface area contributed by atoms with Crippen LogP contribution in [0, 0.1) is 11.8 Å². The summed E-state index contributed by atoms with van der Waals surface area (Å²) in [5.74, 6) is 0.528. The van der Waals surface area contributed by atoms with Crippen molar-refractivity contribution in [3.8, 4) is 0 Å². The summed E-state index contributed by atoms with van der Waals surface area (Å²) in [5, 5.41) is 0. The van der Waals surface area contributed by atoms with Gasteiger partial charge in [-0.25, -0.2) is 0 Å². The second-order valence-corrected chi connectivity index (χ2v) is 4.94. The fraction of sp³-hybridized carbons (Fsp3) is 1.00. The third-order valence-electron chi connectivity index (χ3n) is 1.52. The summed E-state index contributed by atoms with van der Waals surface area (Å²) in [6, 6.07) is 0. The van der Waals surface area contributed by atoms with Crippen LogP contribution in [-0.4, -0.2) is 3.79 Å². The van der Waals surface area contributed by atoms with E-state index in [1.807, 2.05) is 20.8 Å². The number of hydrogen-bond acceptors (Lipinski definition) is 0.